The molecule has 4 nitrogen and oxygen atoms in total. The molecular weight excluding hydrogens is 326 g/mol. The molecule has 0 saturated heterocycles. The van der Waals surface area contributed by atoms with Gasteiger partial charge in [0.15, 0.2) is 0 Å². The van der Waals surface area contributed by atoms with E-state index < -0.39 is 0 Å². The zero-order valence-electron chi connectivity index (χ0n) is 15.8. The minimum Gasteiger partial charge on any atom is -0.497 e. The van der Waals surface area contributed by atoms with Crippen LogP contribution < -0.4 is 4.74 Å². The van der Waals surface area contributed by atoms with E-state index in [0.717, 1.165) is 33.3 Å². The molecule has 3 rings (SSSR count). The fourth-order valence-corrected chi connectivity index (χ4v) is 2.80. The molecule has 1 aromatic heterocycles. The number of carbonyl (C=O) groups excluding carboxylic acids is 1. The fraction of sp³-hybridized carbons (Fsp3) is 0.273. The molecule has 0 fully saturated rings. The maximum atomic E-state index is 12.0. The zero-order valence-corrected chi connectivity index (χ0v) is 15.8. The number of esters is 1. The van der Waals surface area contributed by atoms with Crippen molar-refractivity contribution < 1.29 is 14.3 Å². The number of rotatable bonds is 5. The highest BCUT2D eigenvalue weighted by Gasteiger charge is 2.15. The first-order valence-corrected chi connectivity index (χ1v) is 8.89. The van der Waals surface area contributed by atoms with Gasteiger partial charge in [-0.1, -0.05) is 44.2 Å². The van der Waals surface area contributed by atoms with Gasteiger partial charge in [-0.2, -0.15) is 0 Å². The number of methoxy groups -OCH3 is 1. The molecule has 4 heteroatoms. The van der Waals surface area contributed by atoms with Crippen LogP contribution in [-0.2, 0) is 16.0 Å². The van der Waals surface area contributed by atoms with E-state index in [-0.39, 0.29) is 12.4 Å². The molecule has 0 aliphatic carbocycles. The van der Waals surface area contributed by atoms with E-state index >= 15 is 0 Å². The fourth-order valence-electron chi connectivity index (χ4n) is 2.80. The van der Waals surface area contributed by atoms with Crippen LogP contribution in [0.2, 0.25) is 0 Å². The average molecular weight is 351 g/mol. The van der Waals surface area contributed by atoms with Crippen molar-refractivity contribution in [2.75, 3.05) is 13.7 Å². The van der Waals surface area contributed by atoms with Gasteiger partial charge in [-0.05, 0) is 41.8 Å². The summed E-state index contributed by atoms with van der Waals surface area (Å²) >= 11 is 0. The zero-order chi connectivity index (χ0) is 18.9. The summed E-state index contributed by atoms with van der Waals surface area (Å²) in [4.78, 5) is 16.5. The average Bonchev–Trinajstić information content (AvgIpc) is 2.69. The molecule has 0 N–H and O–H groups in total. The van der Waals surface area contributed by atoms with E-state index in [1.807, 2.05) is 62.4 Å². The number of pyridine rings is 1. The Hall–Kier alpha value is -2.88. The van der Waals surface area contributed by atoms with E-state index in [1.54, 1.807) is 20.2 Å². The SMILES string of the molecule is CC.CCOC(=O)Cc1cnc2ccccc2c1-c1cccc(OC)c1. The predicted octanol–water partition coefficient (Wildman–Crippen LogP) is 5.04. The molecule has 0 aliphatic heterocycles. The summed E-state index contributed by atoms with van der Waals surface area (Å²) in [5.41, 5.74) is 3.73. The third kappa shape index (κ3) is 4.39. The van der Waals surface area contributed by atoms with E-state index in [2.05, 4.69) is 4.98 Å². The smallest absolute Gasteiger partial charge is 0.310 e. The number of carbonyl (C=O) groups is 1. The van der Waals surface area contributed by atoms with Gasteiger partial charge in [-0.3, -0.25) is 9.78 Å². The molecule has 3 aromatic rings. The molecule has 1 heterocycles. The van der Waals surface area contributed by atoms with Gasteiger partial charge in [-0.25, -0.2) is 0 Å². The van der Waals surface area contributed by atoms with Crippen molar-refractivity contribution in [2.24, 2.45) is 0 Å². The van der Waals surface area contributed by atoms with Crippen LogP contribution in [0.25, 0.3) is 22.0 Å². The van der Waals surface area contributed by atoms with Crippen LogP contribution in [0.15, 0.2) is 54.7 Å². The number of ether oxygens (including phenoxy) is 2. The third-order valence-electron chi connectivity index (χ3n) is 3.85. The van der Waals surface area contributed by atoms with Gasteiger partial charge in [0.2, 0.25) is 0 Å². The first kappa shape index (κ1) is 19.4. The van der Waals surface area contributed by atoms with Gasteiger partial charge < -0.3 is 9.47 Å². The molecule has 0 aliphatic rings. The van der Waals surface area contributed by atoms with Gasteiger partial charge in [0.05, 0.1) is 25.7 Å². The lowest BCUT2D eigenvalue weighted by Crippen LogP contribution is -2.09. The number of fused-ring (bicyclic) bond motifs is 1. The minimum atomic E-state index is -0.251. The van der Waals surface area contributed by atoms with E-state index in [0.29, 0.717) is 6.61 Å². The normalized spacial score (nSPS) is 10.0. The Morgan fingerprint density at radius 1 is 1.08 bits per heavy atom. The molecule has 0 atom stereocenters. The van der Waals surface area contributed by atoms with Crippen LogP contribution in [0.5, 0.6) is 5.75 Å². The Morgan fingerprint density at radius 3 is 2.58 bits per heavy atom. The van der Waals surface area contributed by atoms with E-state index in [4.69, 9.17) is 9.47 Å². The summed E-state index contributed by atoms with van der Waals surface area (Å²) in [7, 11) is 1.64. The lowest BCUT2D eigenvalue weighted by molar-refractivity contribution is -0.142. The van der Waals surface area contributed by atoms with Crippen molar-refractivity contribution in [3.8, 4) is 16.9 Å². The molecule has 2 aromatic carbocycles. The molecule has 0 bridgehead atoms. The highest BCUT2D eigenvalue weighted by molar-refractivity contribution is 5.97. The maximum absolute atomic E-state index is 12.0. The standard InChI is InChI=1S/C20H19NO3.C2H6/c1-3-24-19(22)12-15-13-21-18-10-5-4-9-17(18)20(15)14-7-6-8-16(11-14)23-2;1-2/h4-11,13H,3,12H2,1-2H3;1-2H3. The molecule has 0 saturated carbocycles. The van der Waals surface area contributed by atoms with E-state index in [1.165, 1.54) is 0 Å². The van der Waals surface area contributed by atoms with Gasteiger partial charge in [-0.15, -0.1) is 0 Å². The summed E-state index contributed by atoms with van der Waals surface area (Å²) in [6.07, 6.45) is 1.95. The first-order chi connectivity index (χ1) is 12.7. The highest BCUT2D eigenvalue weighted by atomic mass is 16.5. The van der Waals surface area contributed by atoms with Gasteiger partial charge in [0.25, 0.3) is 0 Å². The maximum Gasteiger partial charge on any atom is 0.310 e. The lowest BCUT2D eigenvalue weighted by atomic mass is 9.95. The van der Waals surface area contributed by atoms with Crippen molar-refractivity contribution in [3.05, 3.63) is 60.3 Å². The summed E-state index contributed by atoms with van der Waals surface area (Å²) in [5.74, 6) is 0.522. The molecule has 0 amide bonds. The van der Waals surface area contributed by atoms with Gasteiger partial charge in [0, 0.05) is 11.6 Å². The monoisotopic (exact) mass is 351 g/mol. The quantitative estimate of drug-likeness (QED) is 0.604. The van der Waals surface area contributed by atoms with Crippen LogP contribution in [0.4, 0.5) is 0 Å². The predicted molar refractivity (Wildman–Crippen MR) is 105 cm³/mol. The Kier molecular flexibility index (Phi) is 7.15. The van der Waals surface area contributed by atoms with Crippen LogP contribution in [0.3, 0.4) is 0 Å². The number of aromatic nitrogens is 1. The van der Waals surface area contributed by atoms with Crippen molar-refractivity contribution in [1.29, 1.82) is 0 Å². The van der Waals surface area contributed by atoms with Crippen LogP contribution in [0, 0.1) is 0 Å². The van der Waals surface area contributed by atoms with Crippen molar-refractivity contribution in [1.82, 2.24) is 4.98 Å². The number of benzene rings is 2. The second-order valence-electron chi connectivity index (χ2n) is 5.39. The number of hydrogen-bond donors (Lipinski definition) is 0. The van der Waals surface area contributed by atoms with Crippen LogP contribution in [-0.4, -0.2) is 24.7 Å². The molecule has 26 heavy (non-hydrogen) atoms. The Balaban J connectivity index is 0.00000117. The molecule has 0 radical (unpaired) electrons. The second-order valence-corrected chi connectivity index (χ2v) is 5.39. The third-order valence-corrected chi connectivity index (χ3v) is 3.85. The van der Waals surface area contributed by atoms with Crippen LogP contribution >= 0.6 is 0 Å². The summed E-state index contributed by atoms with van der Waals surface area (Å²) in [5, 5.41) is 1.01. The summed E-state index contributed by atoms with van der Waals surface area (Å²) in [6, 6.07) is 15.7. The Morgan fingerprint density at radius 2 is 1.85 bits per heavy atom. The number of nitrogens with zero attached hydrogens (tertiary/aromatic N) is 1. The van der Waals surface area contributed by atoms with Crippen molar-refractivity contribution in [3.63, 3.8) is 0 Å². The summed E-state index contributed by atoms with van der Waals surface area (Å²) < 4.78 is 10.4. The Bertz CT molecular complexity index is 874. The largest absolute Gasteiger partial charge is 0.497 e. The molecule has 136 valence electrons. The van der Waals surface area contributed by atoms with Gasteiger partial charge >= 0.3 is 5.97 Å². The van der Waals surface area contributed by atoms with Crippen molar-refractivity contribution in [2.45, 2.75) is 27.2 Å². The van der Waals surface area contributed by atoms with Crippen LogP contribution in [0.1, 0.15) is 26.3 Å². The van der Waals surface area contributed by atoms with E-state index in [9.17, 15) is 4.79 Å². The second kappa shape index (κ2) is 9.56. The lowest BCUT2D eigenvalue weighted by Gasteiger charge is -2.13. The number of para-hydroxylation sites is 1. The Labute approximate surface area is 154 Å². The summed E-state index contributed by atoms with van der Waals surface area (Å²) in [6.45, 7) is 6.17. The highest BCUT2D eigenvalue weighted by Crippen LogP contribution is 2.33. The van der Waals surface area contributed by atoms with Crippen molar-refractivity contribution >= 4 is 16.9 Å². The molecular formula is C22H25NO3. The number of hydrogen-bond acceptors (Lipinski definition) is 4. The van der Waals surface area contributed by atoms with Gasteiger partial charge in [0.1, 0.15) is 5.75 Å². The molecule has 0 unspecified atom stereocenters. The first-order valence-electron chi connectivity index (χ1n) is 8.89. The topological polar surface area (TPSA) is 48.4 Å². The minimum absolute atomic E-state index is 0.193. The molecule has 0 spiro atoms.